The first-order chi connectivity index (χ1) is 12.3. The first kappa shape index (κ1) is 18.7. The average Bonchev–Trinajstić information content (AvgIpc) is 2.62. The molecule has 2 aromatic carbocycles. The van der Waals surface area contributed by atoms with E-state index in [1.807, 2.05) is 61.0 Å². The van der Waals surface area contributed by atoms with Crippen LogP contribution in [0.25, 0.3) is 0 Å². The number of anilines is 2. The number of nitrogen functional groups attached to an aromatic ring is 2. The van der Waals surface area contributed by atoms with Crippen LogP contribution >= 0.6 is 0 Å². The van der Waals surface area contributed by atoms with Crippen LogP contribution in [0.15, 0.2) is 58.5 Å². The van der Waals surface area contributed by atoms with Gasteiger partial charge >= 0.3 is 0 Å². The van der Waals surface area contributed by atoms with Crippen molar-refractivity contribution in [1.82, 2.24) is 5.32 Å². The summed E-state index contributed by atoms with van der Waals surface area (Å²) in [7, 11) is 0. The van der Waals surface area contributed by atoms with E-state index >= 15 is 0 Å². The maximum absolute atomic E-state index is 5.86. The Morgan fingerprint density at radius 2 is 1.16 bits per heavy atom. The molecule has 25 heavy (non-hydrogen) atoms. The zero-order valence-corrected chi connectivity index (χ0v) is 14.6. The summed E-state index contributed by atoms with van der Waals surface area (Å²) in [6.07, 6.45) is 5.71. The molecule has 0 aliphatic heterocycles. The Morgan fingerprint density at radius 3 is 1.60 bits per heavy atom. The summed E-state index contributed by atoms with van der Waals surface area (Å²) in [4.78, 5) is 8.82. The highest BCUT2D eigenvalue weighted by Crippen LogP contribution is 2.07. The van der Waals surface area contributed by atoms with E-state index in [1.165, 1.54) is 0 Å². The van der Waals surface area contributed by atoms with Crippen molar-refractivity contribution in [2.24, 2.45) is 9.98 Å². The van der Waals surface area contributed by atoms with Crippen LogP contribution in [0.1, 0.15) is 24.0 Å². The van der Waals surface area contributed by atoms with Crippen LogP contribution < -0.4 is 16.8 Å². The molecule has 0 aliphatic rings. The SMILES string of the molecule is Nc1ccccc1C=NCCCNCCCN=Cc1ccccc1N. The predicted molar refractivity (Wildman–Crippen MR) is 109 cm³/mol. The van der Waals surface area contributed by atoms with Gasteiger partial charge in [-0.2, -0.15) is 0 Å². The highest BCUT2D eigenvalue weighted by molar-refractivity contribution is 5.87. The number of para-hydroxylation sites is 2. The van der Waals surface area contributed by atoms with Crippen molar-refractivity contribution in [2.75, 3.05) is 37.6 Å². The molecule has 0 unspecified atom stereocenters. The summed E-state index contributed by atoms with van der Waals surface area (Å²) in [5, 5.41) is 3.41. The molecular formula is C20H27N5. The van der Waals surface area contributed by atoms with E-state index in [2.05, 4.69) is 15.3 Å². The van der Waals surface area contributed by atoms with Crippen molar-refractivity contribution >= 4 is 23.8 Å². The monoisotopic (exact) mass is 337 g/mol. The van der Waals surface area contributed by atoms with Crippen molar-refractivity contribution in [1.29, 1.82) is 0 Å². The minimum atomic E-state index is 0.766. The molecule has 5 heteroatoms. The van der Waals surface area contributed by atoms with Crippen molar-refractivity contribution in [3.8, 4) is 0 Å². The van der Waals surface area contributed by atoms with E-state index in [1.54, 1.807) is 0 Å². The first-order valence-electron chi connectivity index (χ1n) is 8.67. The van der Waals surface area contributed by atoms with Crippen molar-refractivity contribution in [3.63, 3.8) is 0 Å². The third-order valence-electron chi connectivity index (χ3n) is 3.73. The van der Waals surface area contributed by atoms with E-state index < -0.39 is 0 Å². The number of rotatable bonds is 10. The molecule has 2 rings (SSSR count). The Morgan fingerprint density at radius 1 is 0.720 bits per heavy atom. The average molecular weight is 337 g/mol. The van der Waals surface area contributed by atoms with Crippen LogP contribution in [-0.4, -0.2) is 38.6 Å². The minimum Gasteiger partial charge on any atom is -0.398 e. The second kappa shape index (κ2) is 11.0. The number of nitrogens with two attached hydrogens (primary N) is 2. The molecule has 2 aromatic rings. The fourth-order valence-corrected chi connectivity index (χ4v) is 2.30. The number of nitrogens with one attached hydrogen (secondary N) is 1. The summed E-state index contributed by atoms with van der Waals surface area (Å²) < 4.78 is 0. The lowest BCUT2D eigenvalue weighted by atomic mass is 10.2. The van der Waals surface area contributed by atoms with Gasteiger partial charge in [0.2, 0.25) is 0 Å². The summed E-state index contributed by atoms with van der Waals surface area (Å²) >= 11 is 0. The molecule has 132 valence electrons. The van der Waals surface area contributed by atoms with Crippen LogP contribution in [0.3, 0.4) is 0 Å². The third kappa shape index (κ3) is 7.18. The summed E-state index contributed by atoms with van der Waals surface area (Å²) in [5.41, 5.74) is 15.2. The molecule has 0 aliphatic carbocycles. The van der Waals surface area contributed by atoms with Crippen molar-refractivity contribution < 1.29 is 0 Å². The van der Waals surface area contributed by atoms with Gasteiger partial charge in [-0.3, -0.25) is 9.98 Å². The topological polar surface area (TPSA) is 88.8 Å². The molecule has 0 heterocycles. The molecule has 0 atom stereocenters. The largest absolute Gasteiger partial charge is 0.398 e. The summed E-state index contributed by atoms with van der Waals surface area (Å²) in [6, 6.07) is 15.5. The quantitative estimate of drug-likeness (QED) is 0.354. The smallest absolute Gasteiger partial charge is 0.0403 e. The van der Waals surface area contributed by atoms with E-state index in [-0.39, 0.29) is 0 Å². The van der Waals surface area contributed by atoms with Gasteiger partial charge in [0.15, 0.2) is 0 Å². The molecule has 0 aromatic heterocycles. The lowest BCUT2D eigenvalue weighted by Gasteiger charge is -2.02. The van der Waals surface area contributed by atoms with Gasteiger partial charge in [-0.25, -0.2) is 0 Å². The highest BCUT2D eigenvalue weighted by atomic mass is 14.9. The number of hydrogen-bond acceptors (Lipinski definition) is 5. The first-order valence-corrected chi connectivity index (χ1v) is 8.67. The Kier molecular flexibility index (Phi) is 8.21. The normalized spacial score (nSPS) is 11.5. The second-order valence-electron chi connectivity index (χ2n) is 5.79. The van der Waals surface area contributed by atoms with Gasteiger partial charge < -0.3 is 16.8 Å². The van der Waals surface area contributed by atoms with Crippen LogP contribution in [-0.2, 0) is 0 Å². The van der Waals surface area contributed by atoms with Gasteiger partial charge in [-0.1, -0.05) is 36.4 Å². The van der Waals surface area contributed by atoms with Crippen molar-refractivity contribution in [2.45, 2.75) is 12.8 Å². The molecule has 0 amide bonds. The van der Waals surface area contributed by atoms with E-state index in [0.29, 0.717) is 0 Å². The fourth-order valence-electron chi connectivity index (χ4n) is 2.30. The number of nitrogens with zero attached hydrogens (tertiary/aromatic N) is 2. The second-order valence-corrected chi connectivity index (χ2v) is 5.79. The molecule has 5 N–H and O–H groups in total. The zero-order valence-electron chi connectivity index (χ0n) is 14.6. The Bertz CT molecular complexity index is 634. The van der Waals surface area contributed by atoms with Gasteiger partial charge in [-0.15, -0.1) is 0 Å². The van der Waals surface area contributed by atoms with Crippen molar-refractivity contribution in [3.05, 3.63) is 59.7 Å². The molecular weight excluding hydrogens is 310 g/mol. The van der Waals surface area contributed by atoms with E-state index in [9.17, 15) is 0 Å². The molecule has 5 nitrogen and oxygen atoms in total. The van der Waals surface area contributed by atoms with Crippen LogP contribution in [0.5, 0.6) is 0 Å². The standard InChI is InChI=1S/C20H27N5/c21-19-9-3-1-7-17(19)15-24-13-5-11-23-12-6-14-25-16-18-8-2-4-10-20(18)22/h1-4,7-10,15-16,23H,5-6,11-14,21-22H2. The van der Waals surface area contributed by atoms with Gasteiger partial charge in [0.1, 0.15) is 0 Å². The van der Waals surface area contributed by atoms with Gasteiger partial charge in [-0.05, 0) is 38.1 Å². The van der Waals surface area contributed by atoms with E-state index in [0.717, 1.165) is 61.5 Å². The maximum atomic E-state index is 5.86. The highest BCUT2D eigenvalue weighted by Gasteiger charge is 1.93. The molecule has 0 saturated heterocycles. The Labute approximate surface area is 149 Å². The van der Waals surface area contributed by atoms with E-state index in [4.69, 9.17) is 11.5 Å². The minimum absolute atomic E-state index is 0.766. The Balaban J connectivity index is 1.50. The summed E-state index contributed by atoms with van der Waals surface area (Å²) in [5.74, 6) is 0. The van der Waals surface area contributed by atoms with Crippen LogP contribution in [0.2, 0.25) is 0 Å². The fraction of sp³-hybridized carbons (Fsp3) is 0.300. The molecule has 0 spiro atoms. The lowest BCUT2D eigenvalue weighted by Crippen LogP contribution is -2.18. The van der Waals surface area contributed by atoms with Crippen LogP contribution in [0.4, 0.5) is 11.4 Å². The van der Waals surface area contributed by atoms with Gasteiger partial charge in [0.05, 0.1) is 0 Å². The predicted octanol–water partition coefficient (Wildman–Crippen LogP) is 2.76. The number of benzene rings is 2. The number of hydrogen-bond donors (Lipinski definition) is 3. The summed E-state index contributed by atoms with van der Waals surface area (Å²) in [6.45, 7) is 3.51. The van der Waals surface area contributed by atoms with Gasteiger partial charge in [0, 0.05) is 48.0 Å². The third-order valence-corrected chi connectivity index (χ3v) is 3.73. The molecule has 0 bridgehead atoms. The zero-order chi connectivity index (χ0) is 17.7. The Hall–Kier alpha value is -2.66. The molecule has 0 radical (unpaired) electrons. The number of aliphatic imine (C=N–C) groups is 2. The molecule has 0 fully saturated rings. The van der Waals surface area contributed by atoms with Crippen LogP contribution in [0, 0.1) is 0 Å². The maximum Gasteiger partial charge on any atom is 0.0403 e. The molecule has 0 saturated carbocycles. The van der Waals surface area contributed by atoms with Gasteiger partial charge in [0.25, 0.3) is 0 Å². The lowest BCUT2D eigenvalue weighted by molar-refractivity contribution is 0.633.